The molecule has 1 aliphatic carbocycles. The number of amides is 2. The number of rotatable bonds is 5. The number of fused-ring (bicyclic) bond motifs is 2. The summed E-state index contributed by atoms with van der Waals surface area (Å²) in [6, 6.07) is 1.95. The number of nitrogens with two attached hydrogens (primary N) is 1. The van der Waals surface area contributed by atoms with Gasteiger partial charge in [0.2, 0.25) is 0 Å². The van der Waals surface area contributed by atoms with Crippen molar-refractivity contribution in [3.63, 3.8) is 0 Å². The minimum Gasteiger partial charge on any atom is -0.365 e. The Morgan fingerprint density at radius 1 is 1.19 bits per heavy atom. The zero-order valence-corrected chi connectivity index (χ0v) is 18.0. The van der Waals surface area contributed by atoms with Crippen molar-refractivity contribution in [3.05, 3.63) is 71.1 Å². The SMILES string of the molecule is CCC(=O)[N+]1=CC2=CC(Nc3c(C(N)=O)cnn4cc(-c5cnn(C)c5)cc34)=C(C)C2=C1. The van der Waals surface area contributed by atoms with E-state index in [9.17, 15) is 9.59 Å². The Labute approximate surface area is 183 Å². The lowest BCUT2D eigenvalue weighted by molar-refractivity contribution is -0.374. The highest BCUT2D eigenvalue weighted by molar-refractivity contribution is 6.03. The van der Waals surface area contributed by atoms with Crippen LogP contribution in [0.3, 0.4) is 0 Å². The Hall–Kier alpha value is -4.27. The first-order valence-electron chi connectivity index (χ1n) is 10.2. The number of hydrogen-bond donors (Lipinski definition) is 2. The Morgan fingerprint density at radius 2 is 2.00 bits per heavy atom. The van der Waals surface area contributed by atoms with E-state index in [1.807, 2.05) is 57.8 Å². The lowest BCUT2D eigenvalue weighted by Gasteiger charge is -2.12. The molecule has 0 unspecified atom stereocenters. The third-order valence-corrected chi connectivity index (χ3v) is 5.76. The molecule has 0 bridgehead atoms. The number of aryl methyl sites for hydroxylation is 1. The van der Waals surface area contributed by atoms with Crippen molar-refractivity contribution in [1.82, 2.24) is 19.4 Å². The van der Waals surface area contributed by atoms with E-state index in [0.717, 1.165) is 39.1 Å². The predicted octanol–water partition coefficient (Wildman–Crippen LogP) is 2.38. The van der Waals surface area contributed by atoms with Crippen LogP contribution in [-0.2, 0) is 11.8 Å². The molecule has 5 rings (SSSR count). The number of allylic oxidation sites excluding steroid dienone is 4. The van der Waals surface area contributed by atoms with Crippen LogP contribution in [0, 0.1) is 0 Å². The van der Waals surface area contributed by atoms with Crippen molar-refractivity contribution in [2.45, 2.75) is 20.3 Å². The Kier molecular flexibility index (Phi) is 4.40. The fourth-order valence-electron chi connectivity index (χ4n) is 4.00. The first kappa shape index (κ1) is 19.7. The number of nitrogens with zero attached hydrogens (tertiary/aromatic N) is 5. The summed E-state index contributed by atoms with van der Waals surface area (Å²) >= 11 is 0. The van der Waals surface area contributed by atoms with E-state index in [1.54, 1.807) is 20.0 Å². The summed E-state index contributed by atoms with van der Waals surface area (Å²) < 4.78 is 5.06. The number of carbonyl (C=O) groups excluding carboxylic acids is 2. The molecule has 3 aromatic heterocycles. The number of primary amides is 1. The molecule has 0 spiro atoms. The van der Waals surface area contributed by atoms with E-state index >= 15 is 0 Å². The second-order valence-corrected chi connectivity index (χ2v) is 7.85. The molecule has 2 amide bonds. The predicted molar refractivity (Wildman–Crippen MR) is 120 cm³/mol. The van der Waals surface area contributed by atoms with Gasteiger partial charge in [0, 0.05) is 36.3 Å². The Bertz CT molecular complexity index is 1450. The fraction of sp³-hybridized carbons (Fsp3) is 0.174. The summed E-state index contributed by atoms with van der Waals surface area (Å²) in [7, 11) is 1.86. The van der Waals surface area contributed by atoms with Crippen LogP contribution in [-0.4, -0.2) is 42.0 Å². The maximum atomic E-state index is 12.2. The Balaban J connectivity index is 1.58. The number of aromatic nitrogens is 4. The summed E-state index contributed by atoms with van der Waals surface area (Å²) in [5.41, 5.74) is 12.9. The highest BCUT2D eigenvalue weighted by Gasteiger charge is 2.31. The van der Waals surface area contributed by atoms with Crippen molar-refractivity contribution in [1.29, 1.82) is 0 Å². The second-order valence-electron chi connectivity index (χ2n) is 7.85. The summed E-state index contributed by atoms with van der Waals surface area (Å²) in [5, 5.41) is 12.0. The number of anilines is 1. The van der Waals surface area contributed by atoms with Gasteiger partial charge in [-0.1, -0.05) is 6.92 Å². The lowest BCUT2D eigenvalue weighted by atomic mass is 10.1. The van der Waals surface area contributed by atoms with E-state index in [0.29, 0.717) is 17.7 Å². The van der Waals surface area contributed by atoms with E-state index in [1.165, 1.54) is 6.20 Å². The highest BCUT2D eigenvalue weighted by Crippen LogP contribution is 2.35. The van der Waals surface area contributed by atoms with E-state index in [2.05, 4.69) is 15.5 Å². The van der Waals surface area contributed by atoms with Gasteiger partial charge < -0.3 is 11.1 Å². The Morgan fingerprint density at radius 3 is 2.66 bits per heavy atom. The van der Waals surface area contributed by atoms with Gasteiger partial charge in [-0.05, 0) is 24.6 Å². The van der Waals surface area contributed by atoms with Gasteiger partial charge in [0.15, 0.2) is 12.4 Å². The lowest BCUT2D eigenvalue weighted by Crippen LogP contribution is -2.16. The first-order chi connectivity index (χ1) is 15.4. The molecule has 160 valence electrons. The fourth-order valence-corrected chi connectivity index (χ4v) is 4.00. The topological polar surface area (TPSA) is 110 Å². The van der Waals surface area contributed by atoms with Gasteiger partial charge in [-0.2, -0.15) is 10.2 Å². The summed E-state index contributed by atoms with van der Waals surface area (Å²) in [4.78, 5) is 24.2. The average Bonchev–Trinajstić information content (AvgIpc) is 3.52. The van der Waals surface area contributed by atoms with Crippen LogP contribution in [0.4, 0.5) is 5.69 Å². The van der Waals surface area contributed by atoms with Gasteiger partial charge in [-0.15, -0.1) is 4.58 Å². The highest BCUT2D eigenvalue weighted by atomic mass is 16.2. The molecule has 9 heteroatoms. The summed E-state index contributed by atoms with van der Waals surface area (Å²) in [5.74, 6) is -0.528. The minimum atomic E-state index is -0.568. The van der Waals surface area contributed by atoms with Crippen molar-refractivity contribution in [2.75, 3.05) is 5.32 Å². The third kappa shape index (κ3) is 3.06. The van der Waals surface area contributed by atoms with Gasteiger partial charge in [0.1, 0.15) is 0 Å². The van der Waals surface area contributed by atoms with Crippen molar-refractivity contribution in [3.8, 4) is 11.1 Å². The number of nitrogens with one attached hydrogen (secondary N) is 1. The first-order valence-corrected chi connectivity index (χ1v) is 10.2. The average molecular weight is 428 g/mol. The normalized spacial score (nSPS) is 15.0. The quantitative estimate of drug-likeness (QED) is 0.606. The number of hydrogen-bond acceptors (Lipinski definition) is 5. The van der Waals surface area contributed by atoms with Crippen molar-refractivity contribution < 1.29 is 14.2 Å². The standard InChI is InChI=1S/C23H21N7O2/c1-4-21(31)29-10-15-5-19(13(2)18(15)12-29)27-22-17(23(24)32)8-26-30-11-14(6-20(22)30)16-7-25-28(3)9-16/h5-12H,4H2,1-3H3,(H2-,24,26,27,32)/p+1. The molecule has 3 N–H and O–H groups in total. The monoisotopic (exact) mass is 428 g/mol. The molecule has 2 aliphatic rings. The zero-order chi connectivity index (χ0) is 22.6. The van der Waals surface area contributed by atoms with Crippen LogP contribution in [0.15, 0.2) is 65.5 Å². The number of carbonyl (C=O) groups is 2. The van der Waals surface area contributed by atoms with Gasteiger partial charge in [-0.25, -0.2) is 9.31 Å². The molecule has 9 nitrogen and oxygen atoms in total. The molecular formula is C23H22N7O2+. The maximum Gasteiger partial charge on any atom is 0.391 e. The summed E-state index contributed by atoms with van der Waals surface area (Å²) in [6.45, 7) is 3.82. The summed E-state index contributed by atoms with van der Waals surface area (Å²) in [6.07, 6.45) is 13.1. The zero-order valence-electron chi connectivity index (χ0n) is 18.0. The molecule has 0 atom stereocenters. The molecule has 0 fully saturated rings. The van der Waals surface area contributed by atoms with Gasteiger partial charge in [0.05, 0.1) is 46.7 Å². The smallest absolute Gasteiger partial charge is 0.365 e. The van der Waals surface area contributed by atoms with Crippen LogP contribution in [0.1, 0.15) is 30.6 Å². The maximum absolute atomic E-state index is 12.2. The van der Waals surface area contributed by atoms with Crippen molar-refractivity contribution in [2.24, 2.45) is 12.8 Å². The molecule has 0 saturated carbocycles. The largest absolute Gasteiger partial charge is 0.391 e. The van der Waals surface area contributed by atoms with E-state index in [-0.39, 0.29) is 5.91 Å². The molecule has 3 aromatic rings. The van der Waals surface area contributed by atoms with Crippen LogP contribution >= 0.6 is 0 Å². The van der Waals surface area contributed by atoms with Crippen LogP contribution in [0.25, 0.3) is 16.6 Å². The minimum absolute atomic E-state index is 0.0399. The molecule has 0 saturated heterocycles. The molecule has 0 radical (unpaired) electrons. The van der Waals surface area contributed by atoms with Gasteiger partial charge >= 0.3 is 5.91 Å². The van der Waals surface area contributed by atoms with Crippen LogP contribution in [0.5, 0.6) is 0 Å². The van der Waals surface area contributed by atoms with E-state index in [4.69, 9.17) is 5.73 Å². The molecule has 0 aromatic carbocycles. The third-order valence-electron chi connectivity index (χ3n) is 5.76. The molecule has 4 heterocycles. The van der Waals surface area contributed by atoms with Crippen LogP contribution in [0.2, 0.25) is 0 Å². The molecular weight excluding hydrogens is 406 g/mol. The van der Waals surface area contributed by atoms with Gasteiger partial charge in [0.25, 0.3) is 5.91 Å². The van der Waals surface area contributed by atoms with Crippen LogP contribution < -0.4 is 11.1 Å². The second kappa shape index (κ2) is 7.16. The van der Waals surface area contributed by atoms with E-state index < -0.39 is 5.91 Å². The van der Waals surface area contributed by atoms with Crippen molar-refractivity contribution >= 4 is 29.2 Å². The molecule has 1 aliphatic heterocycles. The van der Waals surface area contributed by atoms with Gasteiger partial charge in [-0.3, -0.25) is 9.48 Å². The molecule has 32 heavy (non-hydrogen) atoms.